The van der Waals surface area contributed by atoms with E-state index in [1.54, 1.807) is 14.2 Å². The highest BCUT2D eigenvalue weighted by Crippen LogP contribution is 2.21. The fourth-order valence-electron chi connectivity index (χ4n) is 0.950. The smallest absolute Gasteiger partial charge is 0.122 e. The molecule has 0 aliphatic rings. The number of hydrogen-bond donors (Lipinski definition) is 0. The minimum Gasteiger partial charge on any atom is -0.497 e. The summed E-state index contributed by atoms with van der Waals surface area (Å²) in [6.07, 6.45) is 0. The minimum absolute atomic E-state index is 0.835. The molecule has 0 aliphatic carbocycles. The quantitative estimate of drug-likeness (QED) is 0.700. The van der Waals surface area contributed by atoms with Crippen molar-refractivity contribution in [2.24, 2.45) is 0 Å². The highest BCUT2D eigenvalue weighted by molar-refractivity contribution is 5.37. The van der Waals surface area contributed by atoms with Crippen molar-refractivity contribution in [3.05, 3.63) is 23.8 Å². The van der Waals surface area contributed by atoms with Crippen LogP contribution in [0.3, 0.4) is 0 Å². The molecule has 0 fully saturated rings. The van der Waals surface area contributed by atoms with Crippen LogP contribution in [0.4, 0.5) is 0 Å². The van der Waals surface area contributed by atoms with Crippen LogP contribution in [0.2, 0.25) is 0 Å². The largest absolute Gasteiger partial charge is 0.497 e. The fraction of sp³-hybridized carbons (Fsp3) is 0.455. The second-order valence-corrected chi connectivity index (χ2v) is 2.39. The summed E-state index contributed by atoms with van der Waals surface area (Å²) in [5.74, 6) is 1.67. The van der Waals surface area contributed by atoms with Crippen LogP contribution >= 0.6 is 0 Å². The Bertz CT molecular complexity index is 222. The van der Waals surface area contributed by atoms with Gasteiger partial charge in [-0.1, -0.05) is 13.8 Å². The molecule has 1 aromatic carbocycles. The molecule has 1 aromatic rings. The lowest BCUT2D eigenvalue weighted by atomic mass is 10.2. The molecule has 1 rings (SSSR count). The third-order valence-corrected chi connectivity index (χ3v) is 1.50. The van der Waals surface area contributed by atoms with Gasteiger partial charge in [0.1, 0.15) is 11.5 Å². The Balaban J connectivity index is 0.000000671. The standard InChI is InChI=1S/C9H12O2.C2H6/c1-7-4-8(10-2)6-9(5-7)11-3;1-2/h4-6H,1-3H3;1-2H3. The first-order valence-electron chi connectivity index (χ1n) is 4.46. The molecule has 0 aromatic heterocycles. The Morgan fingerprint density at radius 3 is 1.54 bits per heavy atom. The summed E-state index contributed by atoms with van der Waals surface area (Å²) in [6, 6.07) is 5.78. The van der Waals surface area contributed by atoms with E-state index in [-0.39, 0.29) is 0 Å². The summed E-state index contributed by atoms with van der Waals surface area (Å²) < 4.78 is 10.1. The maximum absolute atomic E-state index is 5.06. The van der Waals surface area contributed by atoms with Gasteiger partial charge >= 0.3 is 0 Å². The second kappa shape index (κ2) is 6.35. The van der Waals surface area contributed by atoms with E-state index in [0.29, 0.717) is 0 Å². The molecule has 0 N–H and O–H groups in total. The maximum Gasteiger partial charge on any atom is 0.122 e. The van der Waals surface area contributed by atoms with Gasteiger partial charge in [-0.15, -0.1) is 0 Å². The summed E-state index contributed by atoms with van der Waals surface area (Å²) >= 11 is 0. The van der Waals surface area contributed by atoms with E-state index in [9.17, 15) is 0 Å². The zero-order chi connectivity index (χ0) is 10.3. The summed E-state index contributed by atoms with van der Waals surface area (Å²) in [4.78, 5) is 0. The molecule has 13 heavy (non-hydrogen) atoms. The van der Waals surface area contributed by atoms with E-state index in [4.69, 9.17) is 9.47 Å². The third kappa shape index (κ3) is 3.83. The number of hydrogen-bond acceptors (Lipinski definition) is 2. The third-order valence-electron chi connectivity index (χ3n) is 1.50. The van der Waals surface area contributed by atoms with Gasteiger partial charge in [0.05, 0.1) is 14.2 Å². The Morgan fingerprint density at radius 2 is 1.23 bits per heavy atom. The van der Waals surface area contributed by atoms with Crippen molar-refractivity contribution in [2.45, 2.75) is 20.8 Å². The van der Waals surface area contributed by atoms with E-state index in [0.717, 1.165) is 17.1 Å². The highest BCUT2D eigenvalue weighted by Gasteiger charge is 1.96. The number of ether oxygens (including phenoxy) is 2. The first-order chi connectivity index (χ1) is 6.26. The number of benzene rings is 1. The summed E-state index contributed by atoms with van der Waals surface area (Å²) in [6.45, 7) is 6.00. The van der Waals surface area contributed by atoms with Crippen LogP contribution in [0.15, 0.2) is 18.2 Å². The van der Waals surface area contributed by atoms with Gasteiger partial charge in [-0.05, 0) is 24.6 Å². The zero-order valence-electron chi connectivity index (χ0n) is 9.05. The van der Waals surface area contributed by atoms with Crippen molar-refractivity contribution in [3.8, 4) is 11.5 Å². The van der Waals surface area contributed by atoms with Crippen molar-refractivity contribution >= 4 is 0 Å². The lowest BCUT2D eigenvalue weighted by Gasteiger charge is -2.04. The van der Waals surface area contributed by atoms with Gasteiger partial charge in [-0.3, -0.25) is 0 Å². The topological polar surface area (TPSA) is 18.5 Å². The molecule has 2 nitrogen and oxygen atoms in total. The normalized spacial score (nSPS) is 8.38. The van der Waals surface area contributed by atoms with E-state index < -0.39 is 0 Å². The van der Waals surface area contributed by atoms with Crippen LogP contribution in [0.1, 0.15) is 19.4 Å². The lowest BCUT2D eigenvalue weighted by molar-refractivity contribution is 0.394. The molecule has 0 saturated carbocycles. The SMILES string of the molecule is CC.COc1cc(C)cc(OC)c1. The van der Waals surface area contributed by atoms with Gasteiger partial charge in [-0.25, -0.2) is 0 Å². The molecule has 0 bridgehead atoms. The van der Waals surface area contributed by atoms with Gasteiger partial charge in [0.2, 0.25) is 0 Å². The molecular weight excluding hydrogens is 164 g/mol. The van der Waals surface area contributed by atoms with Crippen molar-refractivity contribution in [3.63, 3.8) is 0 Å². The fourth-order valence-corrected chi connectivity index (χ4v) is 0.950. The Hall–Kier alpha value is -1.18. The van der Waals surface area contributed by atoms with Gasteiger partial charge in [0, 0.05) is 6.07 Å². The van der Waals surface area contributed by atoms with Crippen LogP contribution in [-0.2, 0) is 0 Å². The van der Waals surface area contributed by atoms with Crippen molar-refractivity contribution in [2.75, 3.05) is 14.2 Å². The lowest BCUT2D eigenvalue weighted by Crippen LogP contribution is -1.87. The number of rotatable bonds is 2. The minimum atomic E-state index is 0.835. The predicted molar refractivity (Wildman–Crippen MR) is 55.6 cm³/mol. The molecule has 0 saturated heterocycles. The van der Waals surface area contributed by atoms with Gasteiger partial charge < -0.3 is 9.47 Å². The van der Waals surface area contributed by atoms with Crippen LogP contribution in [-0.4, -0.2) is 14.2 Å². The average molecular weight is 182 g/mol. The van der Waals surface area contributed by atoms with E-state index in [1.807, 2.05) is 39.0 Å². The first kappa shape index (κ1) is 11.8. The second-order valence-electron chi connectivity index (χ2n) is 2.39. The summed E-state index contributed by atoms with van der Waals surface area (Å²) in [5.41, 5.74) is 1.14. The van der Waals surface area contributed by atoms with Crippen LogP contribution < -0.4 is 9.47 Å². The van der Waals surface area contributed by atoms with Crippen molar-refractivity contribution < 1.29 is 9.47 Å². The number of aryl methyl sites for hydroxylation is 1. The van der Waals surface area contributed by atoms with E-state index >= 15 is 0 Å². The van der Waals surface area contributed by atoms with Gasteiger partial charge in [0.25, 0.3) is 0 Å². The summed E-state index contributed by atoms with van der Waals surface area (Å²) in [7, 11) is 3.29. The highest BCUT2D eigenvalue weighted by atomic mass is 16.5. The monoisotopic (exact) mass is 182 g/mol. The summed E-state index contributed by atoms with van der Waals surface area (Å²) in [5, 5.41) is 0. The molecule has 2 heteroatoms. The Labute approximate surface area is 80.5 Å². The molecule has 0 atom stereocenters. The van der Waals surface area contributed by atoms with E-state index in [2.05, 4.69) is 0 Å². The molecule has 0 radical (unpaired) electrons. The average Bonchev–Trinajstić information content (AvgIpc) is 2.20. The van der Waals surface area contributed by atoms with Gasteiger partial charge in [-0.2, -0.15) is 0 Å². The van der Waals surface area contributed by atoms with Crippen LogP contribution in [0, 0.1) is 6.92 Å². The molecule has 74 valence electrons. The predicted octanol–water partition coefficient (Wildman–Crippen LogP) is 3.04. The Morgan fingerprint density at radius 1 is 0.846 bits per heavy atom. The van der Waals surface area contributed by atoms with E-state index in [1.165, 1.54) is 0 Å². The number of methoxy groups -OCH3 is 2. The Kier molecular flexibility index (Phi) is 5.77. The van der Waals surface area contributed by atoms with Gasteiger partial charge in [0.15, 0.2) is 0 Å². The maximum atomic E-state index is 5.06. The zero-order valence-corrected chi connectivity index (χ0v) is 9.05. The molecular formula is C11H18O2. The first-order valence-corrected chi connectivity index (χ1v) is 4.46. The van der Waals surface area contributed by atoms with Crippen molar-refractivity contribution in [1.29, 1.82) is 0 Å². The van der Waals surface area contributed by atoms with Crippen LogP contribution in [0.5, 0.6) is 11.5 Å². The molecule has 0 unspecified atom stereocenters. The van der Waals surface area contributed by atoms with Crippen LogP contribution in [0.25, 0.3) is 0 Å². The van der Waals surface area contributed by atoms with Crippen molar-refractivity contribution in [1.82, 2.24) is 0 Å². The molecule has 0 spiro atoms. The molecule has 0 aliphatic heterocycles. The molecule has 0 heterocycles. The molecule has 0 amide bonds.